The molecule has 4 nitrogen and oxygen atoms in total. The number of hydrogen-bond acceptors (Lipinski definition) is 4. The summed E-state index contributed by atoms with van der Waals surface area (Å²) in [5.74, 6) is -0.145. The van der Waals surface area contributed by atoms with Gasteiger partial charge in [-0.1, -0.05) is 75.7 Å². The Labute approximate surface area is 171 Å². The first-order chi connectivity index (χ1) is 13.8. The topological polar surface area (TPSA) is 52.6 Å². The lowest BCUT2D eigenvalue weighted by Crippen LogP contribution is -2.04. The largest absolute Gasteiger partial charge is 0.461 e. The molecule has 0 aromatic carbocycles. The molecule has 0 atom stereocenters. The van der Waals surface area contributed by atoms with Crippen LogP contribution in [0.5, 0.6) is 0 Å². The smallest absolute Gasteiger partial charge is 0.306 e. The molecule has 0 aromatic rings. The third kappa shape index (κ3) is 16.6. The van der Waals surface area contributed by atoms with E-state index in [-0.39, 0.29) is 11.9 Å². The van der Waals surface area contributed by atoms with E-state index in [1.165, 1.54) is 51.4 Å². The molecule has 160 valence electrons. The summed E-state index contributed by atoms with van der Waals surface area (Å²) in [4.78, 5) is 23.3. The summed E-state index contributed by atoms with van der Waals surface area (Å²) in [7, 11) is 0. The molecule has 0 saturated carbocycles. The molecule has 1 rings (SSSR count). The lowest BCUT2D eigenvalue weighted by atomic mass is 10.1. The van der Waals surface area contributed by atoms with Crippen LogP contribution in [0.25, 0.3) is 0 Å². The van der Waals surface area contributed by atoms with E-state index in [9.17, 15) is 9.59 Å². The fourth-order valence-corrected chi connectivity index (χ4v) is 3.28. The Balaban J connectivity index is 2.22. The first-order valence-electron chi connectivity index (χ1n) is 11.4. The molecule has 0 amide bonds. The highest BCUT2D eigenvalue weighted by molar-refractivity contribution is 5.69. The molecular weight excluding hydrogens is 352 g/mol. The average molecular weight is 393 g/mol. The highest BCUT2D eigenvalue weighted by atomic mass is 16.5. The van der Waals surface area contributed by atoms with Gasteiger partial charge in [0.05, 0.1) is 0 Å². The van der Waals surface area contributed by atoms with Crippen LogP contribution >= 0.6 is 0 Å². The Kier molecular flexibility index (Phi) is 16.4. The van der Waals surface area contributed by atoms with Crippen LogP contribution in [0.4, 0.5) is 0 Å². The number of ether oxygens (including phenoxy) is 2. The number of rotatable bonds is 0. The zero-order chi connectivity index (χ0) is 20.1. The zero-order valence-electron chi connectivity index (χ0n) is 17.7. The molecule has 0 spiro atoms. The van der Waals surface area contributed by atoms with Crippen LogP contribution in [0.3, 0.4) is 0 Å². The van der Waals surface area contributed by atoms with Gasteiger partial charge in [-0.05, 0) is 38.5 Å². The summed E-state index contributed by atoms with van der Waals surface area (Å²) in [6, 6.07) is 0. The minimum absolute atomic E-state index is 0.0723. The van der Waals surface area contributed by atoms with Gasteiger partial charge in [0, 0.05) is 12.8 Å². The van der Waals surface area contributed by atoms with E-state index in [2.05, 4.69) is 12.2 Å². The summed E-state index contributed by atoms with van der Waals surface area (Å²) in [6.45, 7) is 0.810. The summed E-state index contributed by atoms with van der Waals surface area (Å²) >= 11 is 0. The Bertz CT molecular complexity index is 412. The van der Waals surface area contributed by atoms with Gasteiger partial charge in [-0.2, -0.15) is 0 Å². The Morgan fingerprint density at radius 2 is 0.821 bits per heavy atom. The summed E-state index contributed by atoms with van der Waals surface area (Å²) < 4.78 is 10.5. The quantitative estimate of drug-likeness (QED) is 0.351. The SMILES string of the molecule is O=C1CCCCCCCC/C=C/COC(=O)CCCCCCCC/C=C/CO1. The molecule has 0 aliphatic carbocycles. The van der Waals surface area contributed by atoms with E-state index in [1.54, 1.807) is 0 Å². The van der Waals surface area contributed by atoms with Gasteiger partial charge < -0.3 is 9.47 Å². The molecule has 0 unspecified atom stereocenters. The van der Waals surface area contributed by atoms with Gasteiger partial charge in [-0.15, -0.1) is 0 Å². The fraction of sp³-hybridized carbons (Fsp3) is 0.750. The molecule has 4 heteroatoms. The number of hydrogen-bond donors (Lipinski definition) is 0. The van der Waals surface area contributed by atoms with Gasteiger partial charge in [0.1, 0.15) is 13.2 Å². The molecule has 0 aromatic heterocycles. The van der Waals surface area contributed by atoms with Crippen LogP contribution in [0.15, 0.2) is 24.3 Å². The molecule has 0 bridgehead atoms. The molecular formula is C24H40O4. The van der Waals surface area contributed by atoms with Gasteiger partial charge in [0.2, 0.25) is 0 Å². The van der Waals surface area contributed by atoms with E-state index in [4.69, 9.17) is 9.47 Å². The average Bonchev–Trinajstić information content (AvgIpc) is 2.69. The number of carbonyl (C=O) groups is 2. The first kappa shape index (κ1) is 24.5. The summed E-state index contributed by atoms with van der Waals surface area (Å²) in [6.07, 6.45) is 24.8. The number of esters is 2. The lowest BCUT2D eigenvalue weighted by molar-refractivity contribution is -0.143. The van der Waals surface area contributed by atoms with Gasteiger partial charge >= 0.3 is 11.9 Å². The highest BCUT2D eigenvalue weighted by Crippen LogP contribution is 2.11. The van der Waals surface area contributed by atoms with Crippen LogP contribution < -0.4 is 0 Å². The predicted molar refractivity (Wildman–Crippen MR) is 114 cm³/mol. The molecule has 1 aliphatic heterocycles. The van der Waals surface area contributed by atoms with E-state index in [0.717, 1.165) is 38.5 Å². The maximum atomic E-state index is 11.7. The molecule has 1 heterocycles. The first-order valence-corrected chi connectivity index (χ1v) is 11.4. The van der Waals surface area contributed by atoms with Crippen molar-refractivity contribution in [3.05, 3.63) is 24.3 Å². The Morgan fingerprint density at radius 3 is 1.25 bits per heavy atom. The normalized spacial score (nSPS) is 23.9. The lowest BCUT2D eigenvalue weighted by Gasteiger charge is -2.04. The Morgan fingerprint density at radius 1 is 0.464 bits per heavy atom. The van der Waals surface area contributed by atoms with Gasteiger partial charge in [0.25, 0.3) is 0 Å². The van der Waals surface area contributed by atoms with Crippen LogP contribution in [-0.4, -0.2) is 25.2 Å². The van der Waals surface area contributed by atoms with E-state index < -0.39 is 0 Å². The monoisotopic (exact) mass is 392 g/mol. The van der Waals surface area contributed by atoms with Crippen molar-refractivity contribution in [1.29, 1.82) is 0 Å². The number of allylic oxidation sites excluding steroid dienone is 2. The van der Waals surface area contributed by atoms with Crippen molar-refractivity contribution < 1.29 is 19.1 Å². The van der Waals surface area contributed by atoms with Gasteiger partial charge in [-0.25, -0.2) is 0 Å². The predicted octanol–water partition coefficient (Wildman–Crippen LogP) is 6.44. The van der Waals surface area contributed by atoms with Gasteiger partial charge in [0.15, 0.2) is 0 Å². The van der Waals surface area contributed by atoms with E-state index in [0.29, 0.717) is 26.1 Å². The second kappa shape index (κ2) is 18.8. The second-order valence-corrected chi connectivity index (χ2v) is 7.63. The van der Waals surface area contributed by atoms with Crippen LogP contribution in [0.2, 0.25) is 0 Å². The van der Waals surface area contributed by atoms with Crippen molar-refractivity contribution in [2.45, 2.75) is 103 Å². The van der Waals surface area contributed by atoms with E-state index >= 15 is 0 Å². The summed E-state index contributed by atoms with van der Waals surface area (Å²) in [5.41, 5.74) is 0. The van der Waals surface area contributed by atoms with Crippen molar-refractivity contribution in [3.8, 4) is 0 Å². The number of cyclic esters (lactones) is 2. The fourth-order valence-electron chi connectivity index (χ4n) is 3.28. The Hall–Kier alpha value is -1.58. The molecule has 1 aliphatic rings. The van der Waals surface area contributed by atoms with E-state index in [1.807, 2.05) is 12.2 Å². The minimum atomic E-state index is -0.0723. The van der Waals surface area contributed by atoms with Crippen molar-refractivity contribution in [2.24, 2.45) is 0 Å². The summed E-state index contributed by atoms with van der Waals surface area (Å²) in [5, 5.41) is 0. The van der Waals surface area contributed by atoms with Crippen molar-refractivity contribution in [3.63, 3.8) is 0 Å². The van der Waals surface area contributed by atoms with Crippen LogP contribution in [0.1, 0.15) is 103 Å². The van der Waals surface area contributed by atoms with Crippen molar-refractivity contribution >= 4 is 11.9 Å². The maximum Gasteiger partial charge on any atom is 0.306 e. The minimum Gasteiger partial charge on any atom is -0.461 e. The molecule has 0 fully saturated rings. The van der Waals surface area contributed by atoms with Gasteiger partial charge in [-0.3, -0.25) is 9.59 Å². The molecule has 28 heavy (non-hydrogen) atoms. The standard InChI is InChI=1S/C24H40O4/c25-23-19-15-11-7-3-1-5-9-13-17-21-27-24(26)20-16-12-8-4-2-6-10-14-18-22-28-23/h13-14,17-18H,1-12,15-16,19-22H2/b17-13+,18-14+. The molecule has 0 radical (unpaired) electrons. The second-order valence-electron chi connectivity index (χ2n) is 7.63. The highest BCUT2D eigenvalue weighted by Gasteiger charge is 2.02. The molecule has 0 saturated heterocycles. The van der Waals surface area contributed by atoms with Crippen molar-refractivity contribution in [1.82, 2.24) is 0 Å². The third-order valence-corrected chi connectivity index (χ3v) is 5.02. The van der Waals surface area contributed by atoms with Crippen LogP contribution in [0, 0.1) is 0 Å². The van der Waals surface area contributed by atoms with Crippen LogP contribution in [-0.2, 0) is 19.1 Å². The molecule has 0 N–H and O–H groups in total. The maximum absolute atomic E-state index is 11.7. The third-order valence-electron chi connectivity index (χ3n) is 5.02. The van der Waals surface area contributed by atoms with Crippen molar-refractivity contribution in [2.75, 3.05) is 13.2 Å². The number of carbonyl (C=O) groups excluding carboxylic acids is 2. The zero-order valence-corrected chi connectivity index (χ0v) is 17.7.